The number of rotatable bonds is 8. The van der Waals surface area contributed by atoms with Crippen LogP contribution in [0.3, 0.4) is 0 Å². The van der Waals surface area contributed by atoms with Gasteiger partial charge < -0.3 is 15.7 Å². The lowest BCUT2D eigenvalue weighted by molar-refractivity contribution is -0.137. The van der Waals surface area contributed by atoms with Crippen LogP contribution in [-0.4, -0.2) is 35.5 Å². The molecule has 1 unspecified atom stereocenters. The average molecular weight is 284 g/mol. The Bertz CT molecular complexity index is 351. The number of carbonyl (C=O) groups excluding carboxylic acids is 2. The molecule has 0 aromatic heterocycles. The summed E-state index contributed by atoms with van der Waals surface area (Å²) in [5, 5.41) is 14.0. The van der Waals surface area contributed by atoms with E-state index in [0.717, 1.165) is 25.7 Å². The zero-order chi connectivity index (χ0) is 15.0. The van der Waals surface area contributed by atoms with Gasteiger partial charge in [0.15, 0.2) is 0 Å². The van der Waals surface area contributed by atoms with Gasteiger partial charge in [0.05, 0.1) is 0 Å². The molecule has 0 bridgehead atoms. The highest BCUT2D eigenvalue weighted by atomic mass is 16.4. The smallest absolute Gasteiger partial charge is 0.303 e. The second kappa shape index (κ2) is 8.55. The van der Waals surface area contributed by atoms with Crippen LogP contribution < -0.4 is 10.6 Å². The maximum Gasteiger partial charge on any atom is 0.303 e. The first-order valence-corrected chi connectivity index (χ1v) is 7.28. The van der Waals surface area contributed by atoms with Crippen LogP contribution in [-0.2, 0) is 14.4 Å². The van der Waals surface area contributed by atoms with Gasteiger partial charge in [-0.2, -0.15) is 0 Å². The normalized spacial score (nSPS) is 16.6. The minimum atomic E-state index is -0.864. The number of hydrogen-bond acceptors (Lipinski definition) is 3. The van der Waals surface area contributed by atoms with E-state index >= 15 is 0 Å². The topological polar surface area (TPSA) is 95.5 Å². The van der Waals surface area contributed by atoms with Crippen molar-refractivity contribution in [3.8, 4) is 0 Å². The summed E-state index contributed by atoms with van der Waals surface area (Å²) in [4.78, 5) is 33.8. The molecule has 1 rings (SSSR count). The SMILES string of the molecule is CC(CC(=O)NCCCC(=O)O)NC(=O)C1CCCC1. The van der Waals surface area contributed by atoms with E-state index < -0.39 is 5.97 Å². The fourth-order valence-electron chi connectivity index (χ4n) is 2.42. The Balaban J connectivity index is 2.14. The molecule has 1 saturated carbocycles. The van der Waals surface area contributed by atoms with Gasteiger partial charge in [-0.1, -0.05) is 12.8 Å². The number of carboxylic acid groups (broad SMARTS) is 1. The maximum atomic E-state index is 11.9. The molecule has 1 fully saturated rings. The average Bonchev–Trinajstić information content (AvgIpc) is 2.88. The Morgan fingerprint density at radius 1 is 1.25 bits per heavy atom. The van der Waals surface area contributed by atoms with Crippen LogP contribution in [0.5, 0.6) is 0 Å². The van der Waals surface area contributed by atoms with E-state index in [2.05, 4.69) is 10.6 Å². The molecule has 6 nitrogen and oxygen atoms in total. The van der Waals surface area contributed by atoms with E-state index in [1.54, 1.807) is 0 Å². The van der Waals surface area contributed by atoms with Gasteiger partial charge in [-0.25, -0.2) is 0 Å². The van der Waals surface area contributed by atoms with E-state index in [0.29, 0.717) is 13.0 Å². The summed E-state index contributed by atoms with van der Waals surface area (Å²) < 4.78 is 0. The molecule has 114 valence electrons. The van der Waals surface area contributed by atoms with Crippen molar-refractivity contribution in [1.82, 2.24) is 10.6 Å². The predicted molar refractivity (Wildman–Crippen MR) is 74.1 cm³/mol. The molecule has 0 radical (unpaired) electrons. The summed E-state index contributed by atoms with van der Waals surface area (Å²) in [6.45, 7) is 2.16. The molecule has 20 heavy (non-hydrogen) atoms. The lowest BCUT2D eigenvalue weighted by atomic mass is 10.1. The van der Waals surface area contributed by atoms with Crippen molar-refractivity contribution in [3.05, 3.63) is 0 Å². The monoisotopic (exact) mass is 284 g/mol. The van der Waals surface area contributed by atoms with Crippen LogP contribution in [0.15, 0.2) is 0 Å². The molecule has 0 heterocycles. The largest absolute Gasteiger partial charge is 0.481 e. The summed E-state index contributed by atoms with van der Waals surface area (Å²) in [6, 6.07) is -0.192. The fourth-order valence-corrected chi connectivity index (χ4v) is 2.42. The Morgan fingerprint density at radius 3 is 2.50 bits per heavy atom. The van der Waals surface area contributed by atoms with Crippen LogP contribution in [0.25, 0.3) is 0 Å². The van der Waals surface area contributed by atoms with Gasteiger partial charge in [0, 0.05) is 31.3 Å². The van der Waals surface area contributed by atoms with Crippen LogP contribution in [0.2, 0.25) is 0 Å². The van der Waals surface area contributed by atoms with Gasteiger partial charge >= 0.3 is 5.97 Å². The van der Waals surface area contributed by atoms with Crippen molar-refractivity contribution in [3.63, 3.8) is 0 Å². The van der Waals surface area contributed by atoms with E-state index in [9.17, 15) is 14.4 Å². The third-order valence-corrected chi connectivity index (χ3v) is 3.50. The van der Waals surface area contributed by atoms with Gasteiger partial charge in [0.1, 0.15) is 0 Å². The summed E-state index contributed by atoms with van der Waals surface area (Å²) in [5.41, 5.74) is 0. The van der Waals surface area contributed by atoms with Crippen molar-refractivity contribution in [1.29, 1.82) is 0 Å². The zero-order valence-electron chi connectivity index (χ0n) is 12.0. The summed E-state index contributed by atoms with van der Waals surface area (Å²) in [5.74, 6) is -0.865. The van der Waals surface area contributed by atoms with E-state index in [1.807, 2.05) is 6.92 Å². The molecule has 3 N–H and O–H groups in total. The van der Waals surface area contributed by atoms with Gasteiger partial charge in [0.2, 0.25) is 11.8 Å². The first kappa shape index (κ1) is 16.5. The summed E-state index contributed by atoms with van der Waals surface area (Å²) >= 11 is 0. The first-order chi connectivity index (χ1) is 9.49. The lowest BCUT2D eigenvalue weighted by Gasteiger charge is -2.16. The molecule has 1 aliphatic carbocycles. The van der Waals surface area contributed by atoms with E-state index in [1.165, 1.54) is 0 Å². The highest BCUT2D eigenvalue weighted by Gasteiger charge is 2.24. The van der Waals surface area contributed by atoms with Crippen molar-refractivity contribution in [2.24, 2.45) is 5.92 Å². The van der Waals surface area contributed by atoms with Crippen molar-refractivity contribution in [2.45, 2.75) is 57.9 Å². The number of carboxylic acids is 1. The minimum absolute atomic E-state index is 0.0497. The molecular weight excluding hydrogens is 260 g/mol. The molecule has 6 heteroatoms. The van der Waals surface area contributed by atoms with Crippen molar-refractivity contribution < 1.29 is 19.5 Å². The Hall–Kier alpha value is -1.59. The van der Waals surface area contributed by atoms with Crippen LogP contribution in [0, 0.1) is 5.92 Å². The summed E-state index contributed by atoms with van der Waals surface area (Å²) in [6.07, 6.45) is 4.80. The Labute approximate surface area is 119 Å². The predicted octanol–water partition coefficient (Wildman–Crippen LogP) is 1.05. The molecule has 0 spiro atoms. The molecule has 2 amide bonds. The molecule has 0 aliphatic heterocycles. The number of nitrogens with one attached hydrogen (secondary N) is 2. The molecule has 0 aromatic carbocycles. The number of aliphatic carboxylic acids is 1. The van der Waals surface area contributed by atoms with Gasteiger partial charge in [0.25, 0.3) is 0 Å². The fraction of sp³-hybridized carbons (Fsp3) is 0.786. The quantitative estimate of drug-likeness (QED) is 0.581. The zero-order valence-corrected chi connectivity index (χ0v) is 12.0. The van der Waals surface area contributed by atoms with Gasteiger partial charge in [-0.15, -0.1) is 0 Å². The number of hydrogen-bond donors (Lipinski definition) is 3. The molecule has 0 saturated heterocycles. The number of amides is 2. The highest BCUT2D eigenvalue weighted by molar-refractivity contribution is 5.81. The molecule has 1 aliphatic rings. The third-order valence-electron chi connectivity index (χ3n) is 3.50. The second-order valence-electron chi connectivity index (χ2n) is 5.44. The van der Waals surface area contributed by atoms with Gasteiger partial charge in [-0.05, 0) is 26.2 Å². The van der Waals surface area contributed by atoms with Crippen molar-refractivity contribution in [2.75, 3.05) is 6.54 Å². The number of carbonyl (C=O) groups is 3. The Kier molecular flexibility index (Phi) is 7.04. The van der Waals surface area contributed by atoms with E-state index in [-0.39, 0.29) is 36.6 Å². The standard InChI is InChI=1S/C14H24N2O4/c1-10(16-14(20)11-5-2-3-6-11)9-12(17)15-8-4-7-13(18)19/h10-11H,2-9H2,1H3,(H,15,17)(H,16,20)(H,18,19). The Morgan fingerprint density at radius 2 is 1.90 bits per heavy atom. The third kappa shape index (κ3) is 6.54. The lowest BCUT2D eigenvalue weighted by Crippen LogP contribution is -2.40. The molecule has 1 atom stereocenters. The second-order valence-corrected chi connectivity index (χ2v) is 5.44. The first-order valence-electron chi connectivity index (χ1n) is 7.28. The van der Waals surface area contributed by atoms with Gasteiger partial charge in [-0.3, -0.25) is 14.4 Å². The van der Waals surface area contributed by atoms with E-state index in [4.69, 9.17) is 5.11 Å². The van der Waals surface area contributed by atoms with Crippen LogP contribution in [0.1, 0.15) is 51.9 Å². The maximum absolute atomic E-state index is 11.9. The van der Waals surface area contributed by atoms with Crippen LogP contribution >= 0.6 is 0 Å². The molecule has 0 aromatic rings. The highest BCUT2D eigenvalue weighted by Crippen LogP contribution is 2.24. The van der Waals surface area contributed by atoms with Crippen LogP contribution in [0.4, 0.5) is 0 Å². The van der Waals surface area contributed by atoms with Crippen molar-refractivity contribution >= 4 is 17.8 Å². The molecular formula is C14H24N2O4. The summed E-state index contributed by atoms with van der Waals surface area (Å²) in [7, 11) is 0. The minimum Gasteiger partial charge on any atom is -0.481 e.